The minimum Gasteiger partial charge on any atom is -0.456 e. The summed E-state index contributed by atoms with van der Waals surface area (Å²) in [5.41, 5.74) is 12.4. The molecule has 2 nitrogen and oxygen atoms in total. The number of furan rings is 1. The van der Waals surface area contributed by atoms with E-state index < -0.39 is 0 Å². The second kappa shape index (κ2) is 15.2. The van der Waals surface area contributed by atoms with E-state index in [1.807, 2.05) is 0 Å². The lowest BCUT2D eigenvalue weighted by Gasteiger charge is -2.14. The second-order valence-corrected chi connectivity index (χ2v) is 12.2. The van der Waals surface area contributed by atoms with Gasteiger partial charge in [-0.2, -0.15) is 0 Å². The van der Waals surface area contributed by atoms with Gasteiger partial charge in [-0.1, -0.05) is 164 Å². The Morgan fingerprint density at radius 1 is 0.604 bits per heavy atom. The molecule has 0 fully saturated rings. The monoisotopic (exact) mass is 623 g/mol. The van der Waals surface area contributed by atoms with Crippen LogP contribution in [0, 0.1) is 12.3 Å². The molecule has 0 saturated heterocycles. The maximum atomic E-state index is 6.00. The second-order valence-electron chi connectivity index (χ2n) is 12.2. The molecule has 1 aliphatic carbocycles. The number of rotatable bonds is 5. The first-order chi connectivity index (χ1) is 23.6. The summed E-state index contributed by atoms with van der Waals surface area (Å²) in [6, 6.07) is 51.7. The standard InChI is InChI=1S/C26H22.C19H16O.CH3N/c1-20(21-12-16-25(17-13-21)23-8-4-2-5-9-23)22-14-18-26(19-15-22)24-10-6-3-7-11-24;1-13-10-11-17-16(12-13)19-15(8-5-9-18(19)20-17)14-6-3-2-4-7-14;1-2/h2-20H,1H3;2-6,8-12,14H,7H2,1H3;2H,1H2. The van der Waals surface area contributed by atoms with Crippen molar-refractivity contribution in [1.82, 2.24) is 0 Å². The van der Waals surface area contributed by atoms with Crippen molar-refractivity contribution in [3.8, 4) is 22.3 Å². The number of hydrogen-bond acceptors (Lipinski definition) is 2. The maximum absolute atomic E-state index is 6.00. The van der Waals surface area contributed by atoms with Crippen LogP contribution in [0.2, 0.25) is 0 Å². The van der Waals surface area contributed by atoms with Crippen LogP contribution in [0.1, 0.15) is 47.4 Å². The molecule has 0 aliphatic heterocycles. The lowest BCUT2D eigenvalue weighted by molar-refractivity contribution is 0.668. The Labute approximate surface area is 284 Å². The average Bonchev–Trinajstić information content (AvgIpc) is 3.55. The Bertz CT molecular complexity index is 2050. The van der Waals surface area contributed by atoms with Crippen molar-refractivity contribution < 1.29 is 4.42 Å². The predicted molar refractivity (Wildman–Crippen MR) is 205 cm³/mol. The molecule has 6 aromatic carbocycles. The van der Waals surface area contributed by atoms with E-state index in [1.165, 1.54) is 55.3 Å². The molecule has 2 heteroatoms. The Hall–Kier alpha value is -5.73. The Morgan fingerprint density at radius 2 is 1.17 bits per heavy atom. The molecule has 1 N–H and O–H groups in total. The normalized spacial score (nSPS) is 13.5. The molecule has 48 heavy (non-hydrogen) atoms. The lowest BCUT2D eigenvalue weighted by atomic mass is 9.89. The molecule has 1 aliphatic rings. The smallest absolute Gasteiger partial charge is 0.135 e. The van der Waals surface area contributed by atoms with E-state index in [0.29, 0.717) is 11.8 Å². The summed E-state index contributed by atoms with van der Waals surface area (Å²) in [5.74, 6) is 0.828. The number of nitrogens with one attached hydrogen (secondary N) is 1. The van der Waals surface area contributed by atoms with Gasteiger partial charge in [-0.05, 0) is 77.2 Å². The van der Waals surface area contributed by atoms with E-state index in [4.69, 9.17) is 9.83 Å². The van der Waals surface area contributed by atoms with Crippen molar-refractivity contribution in [3.63, 3.8) is 0 Å². The largest absolute Gasteiger partial charge is 0.456 e. The van der Waals surface area contributed by atoms with Gasteiger partial charge in [0.2, 0.25) is 0 Å². The van der Waals surface area contributed by atoms with Crippen molar-refractivity contribution in [2.45, 2.75) is 32.1 Å². The van der Waals surface area contributed by atoms with Crippen molar-refractivity contribution >= 4 is 28.7 Å². The number of allylic oxidation sites excluding steroid dienone is 4. The Balaban J connectivity index is 0.000000164. The molecule has 0 spiro atoms. The summed E-state index contributed by atoms with van der Waals surface area (Å²) in [7, 11) is 0. The molecule has 8 rings (SSSR count). The van der Waals surface area contributed by atoms with Gasteiger partial charge >= 0.3 is 0 Å². The number of hydrogen-bond donors (Lipinski definition) is 1. The van der Waals surface area contributed by atoms with E-state index in [-0.39, 0.29) is 0 Å². The van der Waals surface area contributed by atoms with Gasteiger partial charge < -0.3 is 9.83 Å². The molecule has 0 radical (unpaired) electrons. The zero-order valence-corrected chi connectivity index (χ0v) is 27.6. The molecule has 0 amide bonds. The molecule has 1 heterocycles. The fourth-order valence-electron chi connectivity index (χ4n) is 6.47. The molecular formula is C46H41NO. The minimum absolute atomic E-state index is 0.379. The van der Waals surface area contributed by atoms with E-state index in [2.05, 4.69) is 190 Å². The fraction of sp³-hybridized carbons (Fsp3) is 0.109. The average molecular weight is 624 g/mol. The SMILES string of the molecule is C=N.CC(c1ccc(-c2ccccc2)cc1)c1ccc(-c2ccccc2)cc1.Cc1ccc2oc3cccc(C4C=CC=CC4)c3c2c1. The van der Waals surface area contributed by atoms with Crippen LogP contribution in [-0.4, -0.2) is 6.72 Å². The summed E-state index contributed by atoms with van der Waals surface area (Å²) < 4.78 is 6.00. The molecule has 236 valence electrons. The first-order valence-corrected chi connectivity index (χ1v) is 16.6. The molecule has 0 saturated carbocycles. The van der Waals surface area contributed by atoms with Crippen LogP contribution >= 0.6 is 0 Å². The van der Waals surface area contributed by atoms with Crippen molar-refractivity contribution in [2.24, 2.45) is 0 Å². The summed E-state index contributed by atoms with van der Waals surface area (Å²) >= 11 is 0. The van der Waals surface area contributed by atoms with Crippen LogP contribution in [0.25, 0.3) is 44.2 Å². The van der Waals surface area contributed by atoms with Crippen molar-refractivity contribution in [3.05, 3.63) is 192 Å². The summed E-state index contributed by atoms with van der Waals surface area (Å²) in [5, 5.41) is 8.01. The first-order valence-electron chi connectivity index (χ1n) is 16.6. The highest BCUT2D eigenvalue weighted by Crippen LogP contribution is 2.37. The predicted octanol–water partition coefficient (Wildman–Crippen LogP) is 12.9. The molecule has 1 aromatic heterocycles. The number of benzene rings is 6. The highest BCUT2D eigenvalue weighted by atomic mass is 16.3. The highest BCUT2D eigenvalue weighted by molar-refractivity contribution is 6.07. The van der Waals surface area contributed by atoms with E-state index >= 15 is 0 Å². The molecule has 0 bridgehead atoms. The number of fused-ring (bicyclic) bond motifs is 3. The van der Waals surface area contributed by atoms with Crippen LogP contribution in [0.5, 0.6) is 0 Å². The van der Waals surface area contributed by atoms with E-state index in [0.717, 1.165) is 17.6 Å². The van der Waals surface area contributed by atoms with E-state index in [9.17, 15) is 0 Å². The van der Waals surface area contributed by atoms with Gasteiger partial charge in [-0.3, -0.25) is 0 Å². The summed E-state index contributed by atoms with van der Waals surface area (Å²) in [6.45, 7) is 6.90. The van der Waals surface area contributed by atoms with Gasteiger partial charge in [0.15, 0.2) is 0 Å². The third-order valence-electron chi connectivity index (χ3n) is 9.10. The third-order valence-corrected chi connectivity index (χ3v) is 9.10. The van der Waals surface area contributed by atoms with Crippen LogP contribution in [-0.2, 0) is 0 Å². The van der Waals surface area contributed by atoms with Crippen LogP contribution in [0.3, 0.4) is 0 Å². The number of aryl methyl sites for hydroxylation is 1. The van der Waals surface area contributed by atoms with Crippen molar-refractivity contribution in [1.29, 1.82) is 5.41 Å². The van der Waals surface area contributed by atoms with Gasteiger partial charge in [0.25, 0.3) is 0 Å². The molecule has 1 unspecified atom stereocenters. The zero-order valence-electron chi connectivity index (χ0n) is 27.6. The Kier molecular flexibility index (Phi) is 10.2. The molecular weight excluding hydrogens is 583 g/mol. The Morgan fingerprint density at radius 3 is 1.71 bits per heavy atom. The highest BCUT2D eigenvalue weighted by Gasteiger charge is 2.17. The van der Waals surface area contributed by atoms with Gasteiger partial charge in [0.05, 0.1) is 0 Å². The minimum atomic E-state index is 0.379. The van der Waals surface area contributed by atoms with Crippen molar-refractivity contribution in [2.75, 3.05) is 0 Å². The summed E-state index contributed by atoms with van der Waals surface area (Å²) in [6.07, 6.45) is 9.84. The molecule has 7 aromatic rings. The third kappa shape index (κ3) is 7.14. The quantitative estimate of drug-likeness (QED) is 0.190. The topological polar surface area (TPSA) is 37.0 Å². The molecule has 1 atom stereocenters. The maximum Gasteiger partial charge on any atom is 0.135 e. The first kappa shape index (κ1) is 32.2. The van der Waals surface area contributed by atoms with Crippen LogP contribution < -0.4 is 0 Å². The van der Waals surface area contributed by atoms with Gasteiger partial charge in [-0.15, -0.1) is 0 Å². The zero-order chi connectivity index (χ0) is 33.3. The van der Waals surface area contributed by atoms with Crippen LogP contribution in [0.15, 0.2) is 174 Å². The van der Waals surface area contributed by atoms with Gasteiger partial charge in [0.1, 0.15) is 11.2 Å². The van der Waals surface area contributed by atoms with Crippen LogP contribution in [0.4, 0.5) is 0 Å². The van der Waals surface area contributed by atoms with Gasteiger partial charge in [-0.25, -0.2) is 0 Å². The van der Waals surface area contributed by atoms with Gasteiger partial charge in [0, 0.05) is 22.6 Å². The fourth-order valence-corrected chi connectivity index (χ4v) is 6.47. The van der Waals surface area contributed by atoms with E-state index in [1.54, 1.807) is 0 Å². The lowest BCUT2D eigenvalue weighted by Crippen LogP contribution is -1.96. The summed E-state index contributed by atoms with van der Waals surface area (Å²) in [4.78, 5) is 0.